The van der Waals surface area contributed by atoms with E-state index in [0.717, 1.165) is 6.07 Å². The van der Waals surface area contributed by atoms with Crippen LogP contribution in [0.2, 0.25) is 0 Å². The van der Waals surface area contributed by atoms with Gasteiger partial charge < -0.3 is 20.4 Å². The summed E-state index contributed by atoms with van der Waals surface area (Å²) in [5, 5.41) is 5.66. The summed E-state index contributed by atoms with van der Waals surface area (Å²) in [5.74, 6) is 0.250. The third kappa shape index (κ3) is 5.49. The zero-order valence-electron chi connectivity index (χ0n) is 16.2. The summed E-state index contributed by atoms with van der Waals surface area (Å²) in [6, 6.07) is 9.64. The fourth-order valence-corrected chi connectivity index (χ4v) is 3.04. The Hall–Kier alpha value is -3.04. The number of aromatic nitrogens is 2. The monoisotopic (exact) mass is 408 g/mol. The van der Waals surface area contributed by atoms with Gasteiger partial charge in [-0.25, -0.2) is 9.78 Å². The summed E-state index contributed by atoms with van der Waals surface area (Å²) in [6.07, 6.45) is -3.38. The number of nitrogens with one attached hydrogen (secondary N) is 2. The average molecular weight is 408 g/mol. The number of amides is 2. The molecule has 1 aromatic heterocycles. The van der Waals surface area contributed by atoms with Crippen molar-refractivity contribution in [1.82, 2.24) is 15.3 Å². The van der Waals surface area contributed by atoms with Gasteiger partial charge in [-0.15, -0.1) is 0 Å². The van der Waals surface area contributed by atoms with Crippen molar-refractivity contribution >= 4 is 23.5 Å². The number of piperidine rings is 1. The molecule has 0 radical (unpaired) electrons. The Labute approximate surface area is 166 Å². The number of carbonyl (C=O) groups is 1. The molecule has 1 fully saturated rings. The van der Waals surface area contributed by atoms with Crippen molar-refractivity contribution in [2.45, 2.75) is 25.1 Å². The molecule has 2 amide bonds. The predicted octanol–water partition coefficient (Wildman–Crippen LogP) is 3.35. The van der Waals surface area contributed by atoms with Crippen LogP contribution in [0.3, 0.4) is 0 Å². The van der Waals surface area contributed by atoms with Gasteiger partial charge in [-0.2, -0.15) is 18.2 Å². The summed E-state index contributed by atoms with van der Waals surface area (Å²) >= 11 is 0. The van der Waals surface area contributed by atoms with Crippen molar-refractivity contribution in [3.05, 3.63) is 42.1 Å². The van der Waals surface area contributed by atoms with Crippen molar-refractivity contribution in [2.75, 3.05) is 42.3 Å². The number of para-hydroxylation sites is 1. The van der Waals surface area contributed by atoms with Crippen LogP contribution in [0.15, 0.2) is 36.4 Å². The highest BCUT2D eigenvalue weighted by Crippen LogP contribution is 2.31. The molecular formula is C19H23F3N6O. The number of urea groups is 1. The molecule has 1 aromatic carbocycles. The van der Waals surface area contributed by atoms with Crippen LogP contribution in [-0.4, -0.2) is 49.2 Å². The van der Waals surface area contributed by atoms with Crippen molar-refractivity contribution < 1.29 is 18.0 Å². The van der Waals surface area contributed by atoms with Crippen LogP contribution < -0.4 is 20.4 Å². The van der Waals surface area contributed by atoms with Gasteiger partial charge >= 0.3 is 12.2 Å². The van der Waals surface area contributed by atoms with E-state index in [2.05, 4.69) is 20.6 Å². The number of alkyl halides is 3. The van der Waals surface area contributed by atoms with E-state index >= 15 is 0 Å². The first kappa shape index (κ1) is 20.7. The molecule has 2 heterocycles. The highest BCUT2D eigenvalue weighted by atomic mass is 19.4. The lowest BCUT2D eigenvalue weighted by atomic mass is 10.1. The number of hydrogen-bond donors (Lipinski definition) is 2. The molecule has 29 heavy (non-hydrogen) atoms. The molecule has 1 aliphatic rings. The van der Waals surface area contributed by atoms with Crippen LogP contribution in [0.5, 0.6) is 0 Å². The van der Waals surface area contributed by atoms with Crippen molar-refractivity contribution in [3.63, 3.8) is 0 Å². The van der Waals surface area contributed by atoms with E-state index in [1.807, 2.05) is 18.2 Å². The Morgan fingerprint density at radius 1 is 1.14 bits per heavy atom. The minimum Gasteiger partial charge on any atom is -0.363 e. The highest BCUT2D eigenvalue weighted by Gasteiger charge is 2.35. The number of rotatable bonds is 4. The summed E-state index contributed by atoms with van der Waals surface area (Å²) in [4.78, 5) is 23.3. The fourth-order valence-electron chi connectivity index (χ4n) is 3.04. The molecule has 7 nitrogen and oxygen atoms in total. The third-order valence-corrected chi connectivity index (χ3v) is 4.59. The third-order valence-electron chi connectivity index (χ3n) is 4.59. The first-order valence-electron chi connectivity index (χ1n) is 9.23. The lowest BCUT2D eigenvalue weighted by Gasteiger charge is -2.33. The molecule has 0 bridgehead atoms. The zero-order chi connectivity index (χ0) is 21.0. The van der Waals surface area contributed by atoms with Crippen molar-refractivity contribution in [2.24, 2.45) is 0 Å². The molecule has 1 saturated heterocycles. The SMILES string of the molecule is CN(C)c1cc(C(F)(F)F)nc(N2CCC(NC(=O)Nc3ccccc3)CC2)n1. The largest absolute Gasteiger partial charge is 0.433 e. The molecule has 3 rings (SSSR count). The highest BCUT2D eigenvalue weighted by molar-refractivity contribution is 5.89. The molecule has 2 N–H and O–H groups in total. The number of halogens is 3. The number of hydrogen-bond acceptors (Lipinski definition) is 5. The first-order valence-corrected chi connectivity index (χ1v) is 9.23. The number of nitrogens with zero attached hydrogens (tertiary/aromatic N) is 4. The van der Waals surface area contributed by atoms with Gasteiger partial charge in [0, 0.05) is 45.0 Å². The van der Waals surface area contributed by atoms with Gasteiger partial charge in [0.1, 0.15) is 5.82 Å². The molecule has 0 spiro atoms. The van der Waals surface area contributed by atoms with Crippen molar-refractivity contribution in [3.8, 4) is 0 Å². The van der Waals surface area contributed by atoms with Gasteiger partial charge in [0.15, 0.2) is 5.69 Å². The number of benzene rings is 1. The second-order valence-corrected chi connectivity index (χ2v) is 7.03. The maximum absolute atomic E-state index is 13.2. The molecule has 0 atom stereocenters. The van der Waals surface area contributed by atoms with E-state index in [9.17, 15) is 18.0 Å². The van der Waals surface area contributed by atoms with Gasteiger partial charge in [0.05, 0.1) is 0 Å². The maximum Gasteiger partial charge on any atom is 0.433 e. The Morgan fingerprint density at radius 3 is 2.38 bits per heavy atom. The first-order chi connectivity index (χ1) is 13.7. The van der Waals surface area contributed by atoms with E-state index < -0.39 is 11.9 Å². The van der Waals surface area contributed by atoms with E-state index in [0.29, 0.717) is 31.6 Å². The standard InChI is InChI=1S/C19H23F3N6O/c1-27(2)16-12-15(19(20,21)22)25-17(26-16)28-10-8-14(9-11-28)24-18(29)23-13-6-4-3-5-7-13/h3-7,12,14H,8-11H2,1-2H3,(H2,23,24,29). The van der Waals surface area contributed by atoms with E-state index in [4.69, 9.17) is 0 Å². The fraction of sp³-hybridized carbons (Fsp3) is 0.421. The van der Waals surface area contributed by atoms with Gasteiger partial charge in [0.25, 0.3) is 0 Å². The molecule has 156 valence electrons. The predicted molar refractivity (Wildman–Crippen MR) is 105 cm³/mol. The Balaban J connectivity index is 1.61. The number of carbonyl (C=O) groups excluding carboxylic acids is 1. The van der Waals surface area contributed by atoms with Crippen LogP contribution in [-0.2, 0) is 6.18 Å². The lowest BCUT2D eigenvalue weighted by molar-refractivity contribution is -0.141. The lowest BCUT2D eigenvalue weighted by Crippen LogP contribution is -2.46. The minimum atomic E-state index is -4.54. The molecule has 0 saturated carbocycles. The number of anilines is 3. The summed E-state index contributed by atoms with van der Waals surface area (Å²) < 4.78 is 39.5. The maximum atomic E-state index is 13.2. The minimum absolute atomic E-state index is 0.0516. The smallest absolute Gasteiger partial charge is 0.363 e. The molecule has 1 aliphatic heterocycles. The van der Waals surface area contributed by atoms with Crippen LogP contribution in [0.25, 0.3) is 0 Å². The topological polar surface area (TPSA) is 73.4 Å². The summed E-state index contributed by atoms with van der Waals surface area (Å²) in [7, 11) is 3.27. The van der Waals surface area contributed by atoms with Crippen LogP contribution >= 0.6 is 0 Å². The van der Waals surface area contributed by atoms with Crippen molar-refractivity contribution in [1.29, 1.82) is 0 Å². The molecular weight excluding hydrogens is 385 g/mol. The Kier molecular flexibility index (Phi) is 6.09. The molecule has 2 aromatic rings. The molecule has 0 unspecified atom stereocenters. The Morgan fingerprint density at radius 2 is 1.79 bits per heavy atom. The summed E-state index contributed by atoms with van der Waals surface area (Å²) in [5.41, 5.74) is -0.273. The van der Waals surface area contributed by atoms with Crippen LogP contribution in [0.1, 0.15) is 18.5 Å². The average Bonchev–Trinajstić information content (AvgIpc) is 2.68. The zero-order valence-corrected chi connectivity index (χ0v) is 16.2. The summed E-state index contributed by atoms with van der Waals surface area (Å²) in [6.45, 7) is 0.898. The second-order valence-electron chi connectivity index (χ2n) is 7.03. The molecule has 10 heteroatoms. The molecule has 0 aliphatic carbocycles. The van der Waals surface area contributed by atoms with Crippen LogP contribution in [0.4, 0.5) is 35.4 Å². The second kappa shape index (κ2) is 8.54. The van der Waals surface area contributed by atoms with E-state index in [1.165, 1.54) is 4.90 Å². The van der Waals surface area contributed by atoms with Gasteiger partial charge in [0.2, 0.25) is 5.95 Å². The van der Waals surface area contributed by atoms with Gasteiger partial charge in [-0.3, -0.25) is 0 Å². The Bertz CT molecular complexity index is 836. The van der Waals surface area contributed by atoms with Crippen LogP contribution in [0, 0.1) is 0 Å². The van der Waals surface area contributed by atoms with Gasteiger partial charge in [-0.1, -0.05) is 18.2 Å². The van der Waals surface area contributed by atoms with E-state index in [1.54, 1.807) is 31.1 Å². The van der Waals surface area contributed by atoms with E-state index in [-0.39, 0.29) is 23.8 Å². The quantitative estimate of drug-likeness (QED) is 0.812. The normalized spacial score (nSPS) is 15.1. The van der Waals surface area contributed by atoms with Gasteiger partial charge in [-0.05, 0) is 25.0 Å².